The molecule has 0 saturated carbocycles. The Morgan fingerprint density at radius 3 is 2.89 bits per heavy atom. The maximum atomic E-state index is 9.72. The third-order valence-corrected chi connectivity index (χ3v) is 2.16. The van der Waals surface area contributed by atoms with Crippen LogP contribution in [0, 0.1) is 11.3 Å². The molecule has 0 aromatic carbocycles. The third-order valence-electron chi connectivity index (χ3n) is 2.16. The molecule has 2 N–H and O–H groups in total. The average Bonchev–Trinajstić information content (AvgIpc) is 2.33. The topological polar surface area (TPSA) is 78.2 Å². The first-order chi connectivity index (χ1) is 8.40. The van der Waals surface area contributed by atoms with E-state index in [1.807, 2.05) is 26.8 Å². The molecule has 1 aromatic heterocycles. The zero-order valence-electron chi connectivity index (χ0n) is 11.0. The van der Waals surface area contributed by atoms with Gasteiger partial charge in [0.15, 0.2) is 0 Å². The Bertz CT molecular complexity index is 421. The van der Waals surface area contributed by atoms with Gasteiger partial charge >= 0.3 is 0 Å². The SMILES string of the molecule is CC(C)(C)NCC(O)COc1cc(C#N)ccn1. The number of pyridine rings is 1. The number of nitriles is 1. The van der Waals surface area contributed by atoms with Gasteiger partial charge in [0.25, 0.3) is 0 Å². The van der Waals surface area contributed by atoms with Crippen LogP contribution in [0.4, 0.5) is 0 Å². The van der Waals surface area contributed by atoms with E-state index in [0.29, 0.717) is 18.0 Å². The molecule has 0 saturated heterocycles. The van der Waals surface area contributed by atoms with E-state index in [9.17, 15) is 5.11 Å². The molecule has 0 bridgehead atoms. The Hall–Kier alpha value is -1.64. The van der Waals surface area contributed by atoms with Crippen LogP contribution in [0.2, 0.25) is 0 Å². The van der Waals surface area contributed by atoms with Gasteiger partial charge in [-0.1, -0.05) is 0 Å². The molecule has 0 amide bonds. The lowest BCUT2D eigenvalue weighted by Gasteiger charge is -2.22. The number of nitrogens with one attached hydrogen (secondary N) is 1. The second-order valence-corrected chi connectivity index (χ2v) is 5.09. The number of ether oxygens (including phenoxy) is 1. The molecule has 0 aliphatic rings. The second kappa shape index (κ2) is 6.34. The van der Waals surface area contributed by atoms with Crippen LogP contribution in [0.15, 0.2) is 18.3 Å². The summed E-state index contributed by atoms with van der Waals surface area (Å²) in [6, 6.07) is 5.15. The summed E-state index contributed by atoms with van der Waals surface area (Å²) < 4.78 is 5.32. The Balaban J connectivity index is 2.38. The summed E-state index contributed by atoms with van der Waals surface area (Å²) in [5.74, 6) is 0.351. The van der Waals surface area contributed by atoms with Crippen molar-refractivity contribution in [3.05, 3.63) is 23.9 Å². The smallest absolute Gasteiger partial charge is 0.214 e. The molecule has 0 radical (unpaired) electrons. The first-order valence-electron chi connectivity index (χ1n) is 5.83. The van der Waals surface area contributed by atoms with Crippen molar-refractivity contribution in [3.63, 3.8) is 0 Å². The standard InChI is InChI=1S/C13H19N3O2/c1-13(2,3)16-8-11(17)9-18-12-6-10(7-14)4-5-15-12/h4-6,11,16-17H,8-9H2,1-3H3. The van der Waals surface area contributed by atoms with E-state index in [1.165, 1.54) is 6.20 Å². The molecule has 0 spiro atoms. The number of hydrogen-bond acceptors (Lipinski definition) is 5. The van der Waals surface area contributed by atoms with Gasteiger partial charge in [-0.25, -0.2) is 4.98 Å². The molecule has 1 aromatic rings. The van der Waals surface area contributed by atoms with Gasteiger partial charge in [-0.15, -0.1) is 0 Å². The Kier molecular flexibility index (Phi) is 5.08. The Morgan fingerprint density at radius 1 is 1.56 bits per heavy atom. The fraction of sp³-hybridized carbons (Fsp3) is 0.538. The minimum absolute atomic E-state index is 0.0417. The van der Waals surface area contributed by atoms with Crippen molar-refractivity contribution in [1.82, 2.24) is 10.3 Å². The van der Waals surface area contributed by atoms with E-state index in [1.54, 1.807) is 12.1 Å². The van der Waals surface area contributed by atoms with Crippen LogP contribution in [0.5, 0.6) is 5.88 Å². The van der Waals surface area contributed by atoms with Crippen LogP contribution in [0.25, 0.3) is 0 Å². The van der Waals surface area contributed by atoms with E-state index < -0.39 is 6.10 Å². The number of hydrogen-bond donors (Lipinski definition) is 2. The highest BCUT2D eigenvalue weighted by Crippen LogP contribution is 2.08. The highest BCUT2D eigenvalue weighted by molar-refractivity contribution is 5.31. The zero-order valence-corrected chi connectivity index (χ0v) is 11.0. The average molecular weight is 249 g/mol. The Morgan fingerprint density at radius 2 is 2.28 bits per heavy atom. The lowest BCUT2D eigenvalue weighted by atomic mass is 10.1. The van der Waals surface area contributed by atoms with Crippen LogP contribution in [0.3, 0.4) is 0 Å². The van der Waals surface area contributed by atoms with Crippen molar-refractivity contribution in [2.75, 3.05) is 13.2 Å². The van der Waals surface area contributed by atoms with Crippen molar-refractivity contribution in [2.45, 2.75) is 32.4 Å². The summed E-state index contributed by atoms with van der Waals surface area (Å²) in [4.78, 5) is 3.96. The van der Waals surface area contributed by atoms with Gasteiger partial charge in [-0.3, -0.25) is 0 Å². The number of aliphatic hydroxyl groups is 1. The van der Waals surface area contributed by atoms with E-state index in [2.05, 4.69) is 10.3 Å². The van der Waals surface area contributed by atoms with Crippen LogP contribution < -0.4 is 10.1 Å². The lowest BCUT2D eigenvalue weighted by molar-refractivity contribution is 0.0977. The minimum atomic E-state index is -0.614. The van der Waals surface area contributed by atoms with Crippen molar-refractivity contribution in [2.24, 2.45) is 0 Å². The molecule has 1 atom stereocenters. The number of rotatable bonds is 5. The molecule has 1 heterocycles. The fourth-order valence-electron chi connectivity index (χ4n) is 1.22. The van der Waals surface area contributed by atoms with Crippen molar-refractivity contribution in [1.29, 1.82) is 5.26 Å². The van der Waals surface area contributed by atoms with Crippen LogP contribution in [-0.2, 0) is 0 Å². The maximum absolute atomic E-state index is 9.72. The number of β-amino-alcohol motifs (C(OH)–C–C–N with tert-alkyl or cyclic N) is 1. The van der Waals surface area contributed by atoms with Gasteiger partial charge in [0.2, 0.25) is 5.88 Å². The second-order valence-electron chi connectivity index (χ2n) is 5.09. The van der Waals surface area contributed by atoms with Crippen LogP contribution >= 0.6 is 0 Å². The molecule has 0 aliphatic heterocycles. The highest BCUT2D eigenvalue weighted by atomic mass is 16.5. The predicted octanol–water partition coefficient (Wildman–Crippen LogP) is 1.08. The number of aromatic nitrogens is 1. The van der Waals surface area contributed by atoms with Gasteiger partial charge in [0.05, 0.1) is 11.6 Å². The molecule has 1 unspecified atom stereocenters. The molecule has 0 fully saturated rings. The highest BCUT2D eigenvalue weighted by Gasteiger charge is 2.12. The van der Waals surface area contributed by atoms with Crippen molar-refractivity contribution >= 4 is 0 Å². The van der Waals surface area contributed by atoms with E-state index in [4.69, 9.17) is 10.00 Å². The van der Waals surface area contributed by atoms with E-state index in [-0.39, 0.29) is 12.1 Å². The number of aliphatic hydroxyl groups excluding tert-OH is 1. The predicted molar refractivity (Wildman–Crippen MR) is 68.2 cm³/mol. The van der Waals surface area contributed by atoms with Gasteiger partial charge in [-0.05, 0) is 26.8 Å². The van der Waals surface area contributed by atoms with Crippen molar-refractivity contribution < 1.29 is 9.84 Å². The molecular weight excluding hydrogens is 230 g/mol. The van der Waals surface area contributed by atoms with E-state index in [0.717, 1.165) is 0 Å². The van der Waals surface area contributed by atoms with Crippen molar-refractivity contribution in [3.8, 4) is 11.9 Å². The molecular formula is C13H19N3O2. The fourth-order valence-corrected chi connectivity index (χ4v) is 1.22. The maximum Gasteiger partial charge on any atom is 0.214 e. The minimum Gasteiger partial charge on any atom is -0.475 e. The zero-order chi connectivity index (χ0) is 13.6. The van der Waals surface area contributed by atoms with Crippen LogP contribution in [-0.4, -0.2) is 34.9 Å². The number of nitrogens with zero attached hydrogens (tertiary/aromatic N) is 2. The first-order valence-corrected chi connectivity index (χ1v) is 5.83. The third kappa shape index (κ3) is 5.62. The molecule has 5 nitrogen and oxygen atoms in total. The van der Waals surface area contributed by atoms with Gasteiger partial charge in [0, 0.05) is 24.3 Å². The summed E-state index contributed by atoms with van der Waals surface area (Å²) >= 11 is 0. The molecule has 18 heavy (non-hydrogen) atoms. The van der Waals surface area contributed by atoms with Gasteiger partial charge in [0.1, 0.15) is 12.7 Å². The molecule has 0 aliphatic carbocycles. The lowest BCUT2D eigenvalue weighted by Crippen LogP contribution is -2.42. The monoisotopic (exact) mass is 249 g/mol. The molecule has 98 valence electrons. The summed E-state index contributed by atoms with van der Waals surface area (Å²) in [6.45, 7) is 6.67. The van der Waals surface area contributed by atoms with Gasteiger partial charge in [-0.2, -0.15) is 5.26 Å². The molecule has 5 heteroatoms. The summed E-state index contributed by atoms with van der Waals surface area (Å²) in [6.07, 6.45) is 0.894. The normalized spacial score (nSPS) is 12.8. The first kappa shape index (κ1) is 14.4. The summed E-state index contributed by atoms with van der Waals surface area (Å²) in [7, 11) is 0. The summed E-state index contributed by atoms with van der Waals surface area (Å²) in [5, 5.41) is 21.6. The Labute approximate surface area is 107 Å². The van der Waals surface area contributed by atoms with Crippen LogP contribution in [0.1, 0.15) is 26.3 Å². The quantitative estimate of drug-likeness (QED) is 0.816. The summed E-state index contributed by atoms with van der Waals surface area (Å²) in [5.41, 5.74) is 0.447. The van der Waals surface area contributed by atoms with E-state index >= 15 is 0 Å². The molecule has 1 rings (SSSR count). The largest absolute Gasteiger partial charge is 0.475 e. The van der Waals surface area contributed by atoms with Gasteiger partial charge < -0.3 is 15.2 Å².